The van der Waals surface area contributed by atoms with Crippen LogP contribution in [0.2, 0.25) is 0 Å². The van der Waals surface area contributed by atoms with Crippen molar-refractivity contribution >= 4 is 49.0 Å². The van der Waals surface area contributed by atoms with Gasteiger partial charge in [-0.3, -0.25) is 4.79 Å². The maximum absolute atomic E-state index is 13.3. The van der Waals surface area contributed by atoms with Crippen molar-refractivity contribution in [2.45, 2.75) is 6.42 Å². The van der Waals surface area contributed by atoms with Crippen LogP contribution in [0.25, 0.3) is 0 Å². The first-order valence-corrected chi connectivity index (χ1v) is 7.24. The first-order valence-electron chi connectivity index (χ1n) is 4.78. The highest BCUT2D eigenvalue weighted by atomic mass is 79.9. The van der Waals surface area contributed by atoms with Crippen LogP contribution < -0.4 is 0 Å². The summed E-state index contributed by atoms with van der Waals surface area (Å²) in [6.45, 7) is 0. The lowest BCUT2D eigenvalue weighted by atomic mass is 10.1. The summed E-state index contributed by atoms with van der Waals surface area (Å²) in [6.07, 6.45) is 0.290. The second kappa shape index (κ2) is 5.42. The van der Waals surface area contributed by atoms with Crippen molar-refractivity contribution in [1.82, 2.24) is 0 Å². The Labute approximate surface area is 119 Å². The Morgan fingerprint density at radius 3 is 2.76 bits per heavy atom. The maximum atomic E-state index is 13.3. The fourth-order valence-corrected chi connectivity index (χ4v) is 3.35. The third-order valence-corrected chi connectivity index (χ3v) is 4.71. The van der Waals surface area contributed by atoms with E-state index in [-0.39, 0.29) is 16.7 Å². The molecule has 1 aromatic heterocycles. The standard InChI is InChI=1S/C12H7Br2FOS/c13-7-4-8(17-6-7)5-11(16)9-2-1-3-10(15)12(9)14/h1-4,6H,5H2. The molecule has 0 saturated carbocycles. The Balaban J connectivity index is 2.23. The van der Waals surface area contributed by atoms with Crippen LogP contribution in [-0.2, 0) is 6.42 Å². The van der Waals surface area contributed by atoms with E-state index in [1.54, 1.807) is 6.07 Å². The zero-order valence-corrected chi connectivity index (χ0v) is 12.5. The monoisotopic (exact) mass is 376 g/mol. The average molecular weight is 378 g/mol. The normalized spacial score (nSPS) is 10.5. The van der Waals surface area contributed by atoms with Gasteiger partial charge in [0.2, 0.25) is 0 Å². The molecular formula is C12H7Br2FOS. The Bertz CT molecular complexity index is 565. The van der Waals surface area contributed by atoms with E-state index in [0.29, 0.717) is 5.56 Å². The molecule has 0 amide bonds. The molecule has 0 bridgehead atoms. The predicted molar refractivity (Wildman–Crippen MR) is 74.2 cm³/mol. The molecule has 1 aromatic carbocycles. The zero-order valence-electron chi connectivity index (χ0n) is 8.54. The van der Waals surface area contributed by atoms with Crippen molar-refractivity contribution in [3.63, 3.8) is 0 Å². The number of hydrogen-bond donors (Lipinski definition) is 0. The molecule has 88 valence electrons. The summed E-state index contributed by atoms with van der Waals surface area (Å²) in [4.78, 5) is 12.9. The van der Waals surface area contributed by atoms with Gasteiger partial charge in [-0.25, -0.2) is 4.39 Å². The van der Waals surface area contributed by atoms with Crippen LogP contribution in [0.1, 0.15) is 15.2 Å². The number of halogens is 3. The van der Waals surface area contributed by atoms with Crippen LogP contribution in [0.3, 0.4) is 0 Å². The molecule has 0 radical (unpaired) electrons. The fraction of sp³-hybridized carbons (Fsp3) is 0.0833. The number of carbonyl (C=O) groups is 1. The molecule has 0 saturated heterocycles. The predicted octanol–water partition coefficient (Wildman–Crippen LogP) is 4.84. The lowest BCUT2D eigenvalue weighted by Crippen LogP contribution is -2.04. The van der Waals surface area contributed by atoms with Gasteiger partial charge in [-0.2, -0.15) is 0 Å². The van der Waals surface area contributed by atoms with Gasteiger partial charge in [0.1, 0.15) is 5.82 Å². The first kappa shape index (κ1) is 12.9. The van der Waals surface area contributed by atoms with Crippen molar-refractivity contribution in [3.8, 4) is 0 Å². The molecule has 5 heteroatoms. The van der Waals surface area contributed by atoms with Crippen LogP contribution in [0.5, 0.6) is 0 Å². The minimum atomic E-state index is -0.414. The summed E-state index contributed by atoms with van der Waals surface area (Å²) in [5, 5.41) is 1.92. The van der Waals surface area contributed by atoms with Crippen LogP contribution in [-0.4, -0.2) is 5.78 Å². The highest BCUT2D eigenvalue weighted by Crippen LogP contribution is 2.25. The van der Waals surface area contributed by atoms with Gasteiger partial charge in [0.25, 0.3) is 0 Å². The zero-order chi connectivity index (χ0) is 12.4. The van der Waals surface area contributed by atoms with E-state index in [2.05, 4.69) is 31.9 Å². The van der Waals surface area contributed by atoms with Crippen molar-refractivity contribution < 1.29 is 9.18 Å². The smallest absolute Gasteiger partial charge is 0.169 e. The molecule has 0 unspecified atom stereocenters. The Hall–Kier alpha value is -0.520. The van der Waals surface area contributed by atoms with E-state index in [9.17, 15) is 9.18 Å². The summed E-state index contributed by atoms with van der Waals surface area (Å²) in [7, 11) is 0. The number of carbonyl (C=O) groups excluding carboxylic acids is 1. The number of Topliss-reactive ketones (excluding diaryl/α,β-unsaturated/α-hetero) is 1. The fourth-order valence-electron chi connectivity index (χ4n) is 1.42. The highest BCUT2D eigenvalue weighted by Gasteiger charge is 2.14. The molecule has 2 aromatic rings. The van der Waals surface area contributed by atoms with Gasteiger partial charge >= 0.3 is 0 Å². The van der Waals surface area contributed by atoms with Crippen LogP contribution >= 0.6 is 43.2 Å². The van der Waals surface area contributed by atoms with Crippen molar-refractivity contribution in [3.05, 3.63) is 54.8 Å². The van der Waals surface area contributed by atoms with Gasteiger partial charge in [0, 0.05) is 26.7 Å². The van der Waals surface area contributed by atoms with Crippen LogP contribution in [0, 0.1) is 5.82 Å². The number of hydrogen-bond acceptors (Lipinski definition) is 2. The molecule has 17 heavy (non-hydrogen) atoms. The topological polar surface area (TPSA) is 17.1 Å². The van der Waals surface area contributed by atoms with Crippen molar-refractivity contribution in [2.24, 2.45) is 0 Å². The Morgan fingerprint density at radius 2 is 2.12 bits per heavy atom. The summed E-state index contributed by atoms with van der Waals surface area (Å²) >= 11 is 7.94. The van der Waals surface area contributed by atoms with E-state index in [1.165, 1.54) is 23.5 Å². The molecule has 0 N–H and O–H groups in total. The molecular weight excluding hydrogens is 371 g/mol. The van der Waals surface area contributed by atoms with E-state index in [4.69, 9.17) is 0 Å². The van der Waals surface area contributed by atoms with Gasteiger partial charge in [0.05, 0.1) is 4.47 Å². The molecule has 0 aliphatic carbocycles. The van der Waals surface area contributed by atoms with E-state index in [0.717, 1.165) is 9.35 Å². The second-order valence-electron chi connectivity index (χ2n) is 3.43. The molecule has 0 spiro atoms. The summed E-state index contributed by atoms with van der Waals surface area (Å²) in [6, 6.07) is 6.38. The van der Waals surface area contributed by atoms with E-state index < -0.39 is 5.82 Å². The van der Waals surface area contributed by atoms with Crippen molar-refractivity contribution in [1.29, 1.82) is 0 Å². The summed E-state index contributed by atoms with van der Waals surface area (Å²) < 4.78 is 14.5. The largest absolute Gasteiger partial charge is 0.294 e. The molecule has 0 fully saturated rings. The van der Waals surface area contributed by atoms with Gasteiger partial charge in [-0.05, 0) is 44.0 Å². The van der Waals surface area contributed by atoms with E-state index >= 15 is 0 Å². The summed E-state index contributed by atoms with van der Waals surface area (Å²) in [5.74, 6) is -0.506. The van der Waals surface area contributed by atoms with Gasteiger partial charge < -0.3 is 0 Å². The SMILES string of the molecule is O=C(Cc1cc(Br)cs1)c1cccc(F)c1Br. The number of ketones is 1. The third-order valence-electron chi connectivity index (χ3n) is 2.21. The quantitative estimate of drug-likeness (QED) is 0.699. The maximum Gasteiger partial charge on any atom is 0.169 e. The Morgan fingerprint density at radius 1 is 1.35 bits per heavy atom. The number of rotatable bonds is 3. The second-order valence-corrected chi connectivity index (χ2v) is 6.14. The van der Waals surface area contributed by atoms with Gasteiger partial charge in [0.15, 0.2) is 5.78 Å². The highest BCUT2D eigenvalue weighted by molar-refractivity contribution is 9.10. The molecule has 0 aliphatic heterocycles. The molecule has 0 aliphatic rings. The average Bonchev–Trinajstić information content (AvgIpc) is 2.68. The van der Waals surface area contributed by atoms with Crippen molar-refractivity contribution in [2.75, 3.05) is 0 Å². The van der Waals surface area contributed by atoms with Crippen LogP contribution in [0.15, 0.2) is 38.6 Å². The van der Waals surface area contributed by atoms with Gasteiger partial charge in [-0.1, -0.05) is 12.1 Å². The molecule has 0 atom stereocenters. The number of thiophene rings is 1. The molecule has 1 nitrogen and oxygen atoms in total. The van der Waals surface area contributed by atoms with E-state index in [1.807, 2.05) is 11.4 Å². The first-order chi connectivity index (χ1) is 8.08. The molecule has 2 rings (SSSR count). The lowest BCUT2D eigenvalue weighted by molar-refractivity contribution is 0.0992. The number of benzene rings is 1. The minimum Gasteiger partial charge on any atom is -0.294 e. The summed E-state index contributed by atoms with van der Waals surface area (Å²) in [5.41, 5.74) is 0.384. The lowest BCUT2D eigenvalue weighted by Gasteiger charge is -2.03. The Kier molecular flexibility index (Phi) is 4.12. The molecule has 1 heterocycles. The van der Waals surface area contributed by atoms with Gasteiger partial charge in [-0.15, -0.1) is 11.3 Å². The van der Waals surface area contributed by atoms with Crippen LogP contribution in [0.4, 0.5) is 4.39 Å². The minimum absolute atomic E-state index is 0.0919. The third kappa shape index (κ3) is 3.03.